The summed E-state index contributed by atoms with van der Waals surface area (Å²) in [6.07, 6.45) is 0.615. The lowest BCUT2D eigenvalue weighted by atomic mass is 10.1. The second-order valence-corrected chi connectivity index (χ2v) is 4.23. The molecule has 1 aromatic carbocycles. The molecule has 0 saturated heterocycles. The molecule has 1 N–H and O–H groups in total. The van der Waals surface area contributed by atoms with Crippen LogP contribution in [-0.4, -0.2) is 7.05 Å². The van der Waals surface area contributed by atoms with Crippen LogP contribution in [0.1, 0.15) is 17.1 Å². The molecule has 0 aliphatic carbocycles. The fourth-order valence-electron chi connectivity index (χ4n) is 1.64. The smallest absolute Gasteiger partial charge is 0.141 e. The minimum Gasteiger partial charge on any atom is -0.464 e. The van der Waals surface area contributed by atoms with Gasteiger partial charge in [-0.3, -0.25) is 0 Å². The van der Waals surface area contributed by atoms with Gasteiger partial charge in [-0.1, -0.05) is 17.7 Å². The summed E-state index contributed by atoms with van der Waals surface area (Å²) in [5.41, 5.74) is 0.932. The molecular formula is C13H13ClFNO. The molecule has 0 saturated carbocycles. The van der Waals surface area contributed by atoms with Crippen molar-refractivity contribution in [3.05, 3.63) is 58.3 Å². The van der Waals surface area contributed by atoms with Crippen molar-refractivity contribution in [1.82, 2.24) is 5.32 Å². The van der Waals surface area contributed by atoms with Crippen molar-refractivity contribution in [2.75, 3.05) is 7.05 Å². The lowest BCUT2D eigenvalue weighted by molar-refractivity contribution is 0.462. The van der Waals surface area contributed by atoms with Crippen molar-refractivity contribution in [2.24, 2.45) is 0 Å². The maximum Gasteiger partial charge on any atom is 0.141 e. The lowest BCUT2D eigenvalue weighted by Crippen LogP contribution is -2.03. The average molecular weight is 254 g/mol. The second kappa shape index (κ2) is 5.34. The van der Waals surface area contributed by atoms with E-state index in [9.17, 15) is 4.39 Å². The van der Waals surface area contributed by atoms with Crippen LogP contribution in [0, 0.1) is 5.82 Å². The Balaban J connectivity index is 2.11. The monoisotopic (exact) mass is 253 g/mol. The third kappa shape index (κ3) is 3.08. The van der Waals surface area contributed by atoms with E-state index in [1.165, 1.54) is 6.07 Å². The molecule has 0 aliphatic rings. The number of hydrogen-bond donors (Lipinski definition) is 1. The van der Waals surface area contributed by atoms with Gasteiger partial charge in [0.1, 0.15) is 17.3 Å². The summed E-state index contributed by atoms with van der Waals surface area (Å²) in [5, 5.41) is 3.16. The van der Waals surface area contributed by atoms with Gasteiger partial charge in [-0.25, -0.2) is 4.39 Å². The van der Waals surface area contributed by atoms with Crippen molar-refractivity contribution in [2.45, 2.75) is 13.0 Å². The van der Waals surface area contributed by atoms with E-state index in [0.29, 0.717) is 13.0 Å². The first kappa shape index (κ1) is 12.1. The van der Waals surface area contributed by atoms with Crippen molar-refractivity contribution in [1.29, 1.82) is 0 Å². The van der Waals surface area contributed by atoms with Crippen LogP contribution >= 0.6 is 11.6 Å². The number of furan rings is 1. The molecular weight excluding hydrogens is 241 g/mol. The van der Waals surface area contributed by atoms with E-state index in [4.69, 9.17) is 16.0 Å². The van der Waals surface area contributed by atoms with Crippen molar-refractivity contribution in [3.63, 3.8) is 0 Å². The number of benzene rings is 1. The quantitative estimate of drug-likeness (QED) is 0.904. The van der Waals surface area contributed by atoms with Gasteiger partial charge in [0.2, 0.25) is 0 Å². The molecule has 2 rings (SSSR count). The first-order valence-corrected chi connectivity index (χ1v) is 5.73. The highest BCUT2D eigenvalue weighted by Gasteiger charge is 2.05. The van der Waals surface area contributed by atoms with Crippen LogP contribution in [0.5, 0.6) is 0 Å². The van der Waals surface area contributed by atoms with Crippen LogP contribution in [0.25, 0.3) is 0 Å². The molecule has 0 spiro atoms. The van der Waals surface area contributed by atoms with E-state index in [2.05, 4.69) is 5.32 Å². The van der Waals surface area contributed by atoms with Crippen molar-refractivity contribution < 1.29 is 8.81 Å². The number of hydrogen-bond acceptors (Lipinski definition) is 2. The normalized spacial score (nSPS) is 10.8. The molecule has 90 valence electrons. The van der Waals surface area contributed by atoms with Crippen LogP contribution in [0.2, 0.25) is 5.02 Å². The summed E-state index contributed by atoms with van der Waals surface area (Å²) in [6, 6.07) is 8.55. The standard InChI is InChI=1S/C13H13ClFNO/c1-16-8-11-4-3-10(17-11)6-9-2-5-13(15)12(14)7-9/h2-5,7,16H,6,8H2,1H3. The Bertz CT molecular complexity index is 510. The van der Waals surface area contributed by atoms with Crippen molar-refractivity contribution >= 4 is 11.6 Å². The van der Waals surface area contributed by atoms with Crippen LogP contribution in [0.4, 0.5) is 4.39 Å². The summed E-state index contributed by atoms with van der Waals surface area (Å²) in [7, 11) is 1.86. The molecule has 0 aliphatic heterocycles. The number of halogens is 2. The molecule has 2 nitrogen and oxygen atoms in total. The maximum atomic E-state index is 13.0. The van der Waals surface area contributed by atoms with E-state index < -0.39 is 5.82 Å². The van der Waals surface area contributed by atoms with Gasteiger partial charge in [-0.15, -0.1) is 0 Å². The SMILES string of the molecule is CNCc1ccc(Cc2ccc(F)c(Cl)c2)o1. The van der Waals surface area contributed by atoms with E-state index in [1.54, 1.807) is 12.1 Å². The summed E-state index contributed by atoms with van der Waals surface area (Å²) in [6.45, 7) is 0.699. The van der Waals surface area contributed by atoms with Crippen LogP contribution in [0.3, 0.4) is 0 Å². The molecule has 0 unspecified atom stereocenters. The largest absolute Gasteiger partial charge is 0.464 e. The first-order chi connectivity index (χ1) is 8.19. The highest BCUT2D eigenvalue weighted by atomic mass is 35.5. The van der Waals surface area contributed by atoms with E-state index in [0.717, 1.165) is 17.1 Å². The van der Waals surface area contributed by atoms with Gasteiger partial charge < -0.3 is 9.73 Å². The fourth-order valence-corrected chi connectivity index (χ4v) is 1.84. The summed E-state index contributed by atoms with van der Waals surface area (Å²) >= 11 is 5.72. The molecule has 0 amide bonds. The van der Waals surface area contributed by atoms with Gasteiger partial charge >= 0.3 is 0 Å². The molecule has 1 heterocycles. The number of nitrogens with one attached hydrogen (secondary N) is 1. The molecule has 2 aromatic rings. The fraction of sp³-hybridized carbons (Fsp3) is 0.231. The lowest BCUT2D eigenvalue weighted by Gasteiger charge is -2.00. The minimum absolute atomic E-state index is 0.143. The number of rotatable bonds is 4. The average Bonchev–Trinajstić information content (AvgIpc) is 2.72. The van der Waals surface area contributed by atoms with Crippen molar-refractivity contribution in [3.8, 4) is 0 Å². The highest BCUT2D eigenvalue weighted by Crippen LogP contribution is 2.19. The van der Waals surface area contributed by atoms with Crippen LogP contribution in [-0.2, 0) is 13.0 Å². The highest BCUT2D eigenvalue weighted by molar-refractivity contribution is 6.30. The van der Waals surface area contributed by atoms with Gasteiger partial charge in [-0.2, -0.15) is 0 Å². The Morgan fingerprint density at radius 2 is 2.00 bits per heavy atom. The Kier molecular flexibility index (Phi) is 3.82. The van der Waals surface area contributed by atoms with Gasteiger partial charge in [-0.05, 0) is 36.9 Å². The molecule has 17 heavy (non-hydrogen) atoms. The molecule has 0 atom stereocenters. The summed E-state index contributed by atoms with van der Waals surface area (Å²) in [5.74, 6) is 1.33. The Morgan fingerprint density at radius 3 is 2.71 bits per heavy atom. The molecule has 0 radical (unpaired) electrons. The van der Waals surface area contributed by atoms with Gasteiger partial charge in [0.15, 0.2) is 0 Å². The Hall–Kier alpha value is -1.32. The molecule has 4 heteroatoms. The zero-order valence-corrected chi connectivity index (χ0v) is 10.2. The Labute approximate surface area is 104 Å². The van der Waals surface area contributed by atoms with Crippen LogP contribution in [0.15, 0.2) is 34.7 Å². The molecule has 0 fully saturated rings. The zero-order chi connectivity index (χ0) is 12.3. The van der Waals surface area contributed by atoms with Gasteiger partial charge in [0.05, 0.1) is 11.6 Å². The van der Waals surface area contributed by atoms with Gasteiger partial charge in [0.25, 0.3) is 0 Å². The van der Waals surface area contributed by atoms with E-state index >= 15 is 0 Å². The Morgan fingerprint density at radius 1 is 1.24 bits per heavy atom. The third-order valence-electron chi connectivity index (χ3n) is 2.43. The first-order valence-electron chi connectivity index (χ1n) is 5.35. The molecule has 1 aromatic heterocycles. The maximum absolute atomic E-state index is 13.0. The second-order valence-electron chi connectivity index (χ2n) is 3.82. The molecule has 0 bridgehead atoms. The zero-order valence-electron chi connectivity index (χ0n) is 9.47. The van der Waals surface area contributed by atoms with Gasteiger partial charge in [0, 0.05) is 6.42 Å². The topological polar surface area (TPSA) is 25.2 Å². The predicted octanol–water partition coefficient (Wildman–Crippen LogP) is 3.38. The predicted molar refractivity (Wildman–Crippen MR) is 65.7 cm³/mol. The summed E-state index contributed by atoms with van der Waals surface area (Å²) in [4.78, 5) is 0. The summed E-state index contributed by atoms with van der Waals surface area (Å²) < 4.78 is 18.6. The van der Waals surface area contributed by atoms with Crippen LogP contribution < -0.4 is 5.32 Å². The minimum atomic E-state index is -0.397. The van der Waals surface area contributed by atoms with E-state index in [-0.39, 0.29) is 5.02 Å². The third-order valence-corrected chi connectivity index (χ3v) is 2.72. The van der Waals surface area contributed by atoms with E-state index in [1.807, 2.05) is 19.2 Å².